The van der Waals surface area contributed by atoms with Crippen LogP contribution in [0.25, 0.3) is 6.08 Å². The summed E-state index contributed by atoms with van der Waals surface area (Å²) in [5, 5.41) is 10.7. The third-order valence-electron chi connectivity index (χ3n) is 4.16. The summed E-state index contributed by atoms with van der Waals surface area (Å²) in [5.41, 5.74) is 0.716. The van der Waals surface area contributed by atoms with Crippen molar-refractivity contribution in [3.63, 3.8) is 0 Å². The number of nitro groups is 1. The van der Waals surface area contributed by atoms with E-state index in [0.29, 0.717) is 17.7 Å². The summed E-state index contributed by atoms with van der Waals surface area (Å²) in [5.74, 6) is -0.268. The molecule has 0 aromatic heterocycles. The standard InChI is InChI=1S/C22H23NO5/c1-2-3-4-5-9-20(24)16-13-17-8-6-7-10-21(17)28-22(25)18-11-14-19(15-12-18)23(26)27/h6-8,10-16H,2-5,9H2,1H3. The Kier molecular flexibility index (Phi) is 8.09. The van der Waals surface area contributed by atoms with Gasteiger partial charge in [-0.05, 0) is 36.8 Å². The molecule has 146 valence electrons. The Morgan fingerprint density at radius 3 is 2.43 bits per heavy atom. The molecule has 6 heteroatoms. The lowest BCUT2D eigenvalue weighted by Crippen LogP contribution is -2.09. The van der Waals surface area contributed by atoms with Gasteiger partial charge in [-0.3, -0.25) is 14.9 Å². The maximum atomic E-state index is 12.3. The van der Waals surface area contributed by atoms with Gasteiger partial charge in [0.05, 0.1) is 10.5 Å². The van der Waals surface area contributed by atoms with E-state index < -0.39 is 10.9 Å². The SMILES string of the molecule is CCCCCCC(=O)C=Cc1ccccc1OC(=O)c1ccc([N+](=O)[O-])cc1. The summed E-state index contributed by atoms with van der Waals surface area (Å²) < 4.78 is 5.41. The van der Waals surface area contributed by atoms with Gasteiger partial charge in [0.25, 0.3) is 5.69 Å². The van der Waals surface area contributed by atoms with Crippen LogP contribution < -0.4 is 4.74 Å². The predicted octanol–water partition coefficient (Wildman–Crippen LogP) is 5.37. The first kappa shape index (κ1) is 21.0. The fraction of sp³-hybridized carbons (Fsp3) is 0.273. The van der Waals surface area contributed by atoms with Crippen LogP contribution in [-0.2, 0) is 4.79 Å². The number of esters is 1. The van der Waals surface area contributed by atoms with E-state index in [1.165, 1.54) is 30.3 Å². The van der Waals surface area contributed by atoms with Gasteiger partial charge in [0.1, 0.15) is 5.75 Å². The van der Waals surface area contributed by atoms with Crippen LogP contribution in [-0.4, -0.2) is 16.7 Å². The van der Waals surface area contributed by atoms with Gasteiger partial charge in [-0.25, -0.2) is 4.79 Å². The highest BCUT2D eigenvalue weighted by atomic mass is 16.6. The van der Waals surface area contributed by atoms with Crippen molar-refractivity contribution in [2.45, 2.75) is 39.0 Å². The largest absolute Gasteiger partial charge is 0.422 e. The lowest BCUT2D eigenvalue weighted by molar-refractivity contribution is -0.384. The van der Waals surface area contributed by atoms with Crippen LogP contribution in [0.5, 0.6) is 5.75 Å². The molecular formula is C22H23NO5. The van der Waals surface area contributed by atoms with E-state index in [4.69, 9.17) is 4.74 Å². The summed E-state index contributed by atoms with van der Waals surface area (Å²) in [6, 6.07) is 12.1. The quantitative estimate of drug-likeness (QED) is 0.138. The van der Waals surface area contributed by atoms with Crippen LogP contribution in [0.3, 0.4) is 0 Å². The van der Waals surface area contributed by atoms with Crippen LogP contribution in [0.2, 0.25) is 0 Å². The molecule has 0 unspecified atom stereocenters. The fourth-order valence-electron chi connectivity index (χ4n) is 2.58. The molecular weight excluding hydrogens is 358 g/mol. The second-order valence-electron chi connectivity index (χ2n) is 6.34. The number of allylic oxidation sites excluding steroid dienone is 1. The number of nitrogens with zero attached hydrogens (tertiary/aromatic N) is 1. The number of non-ortho nitro benzene ring substituents is 1. The van der Waals surface area contributed by atoms with Crippen molar-refractivity contribution in [1.29, 1.82) is 0 Å². The van der Waals surface area contributed by atoms with Crippen molar-refractivity contribution in [2.24, 2.45) is 0 Å². The van der Waals surface area contributed by atoms with E-state index >= 15 is 0 Å². The minimum absolute atomic E-state index is 0.0348. The third-order valence-corrected chi connectivity index (χ3v) is 4.16. The number of nitro benzene ring substituents is 1. The van der Waals surface area contributed by atoms with Crippen molar-refractivity contribution >= 4 is 23.5 Å². The number of carbonyl (C=O) groups excluding carboxylic acids is 2. The van der Waals surface area contributed by atoms with E-state index in [9.17, 15) is 19.7 Å². The Labute approximate surface area is 164 Å². The van der Waals surface area contributed by atoms with Gasteiger partial charge in [-0.15, -0.1) is 0 Å². The van der Waals surface area contributed by atoms with Gasteiger partial charge in [0, 0.05) is 24.1 Å². The third kappa shape index (κ3) is 6.46. The number of para-hydroxylation sites is 1. The summed E-state index contributed by atoms with van der Waals surface area (Å²) >= 11 is 0. The van der Waals surface area contributed by atoms with Crippen molar-refractivity contribution < 1.29 is 19.2 Å². The molecule has 2 rings (SSSR count). The van der Waals surface area contributed by atoms with E-state index in [1.54, 1.807) is 30.3 Å². The monoisotopic (exact) mass is 381 g/mol. The highest BCUT2D eigenvalue weighted by molar-refractivity contribution is 5.95. The molecule has 0 heterocycles. The first-order valence-electron chi connectivity index (χ1n) is 9.28. The van der Waals surface area contributed by atoms with Crippen LogP contribution in [0, 0.1) is 10.1 Å². The number of unbranched alkanes of at least 4 members (excludes halogenated alkanes) is 3. The summed E-state index contributed by atoms with van der Waals surface area (Å²) in [6.07, 6.45) is 7.80. The molecule has 0 N–H and O–H groups in total. The van der Waals surface area contributed by atoms with E-state index in [0.717, 1.165) is 25.7 Å². The summed E-state index contributed by atoms with van der Waals surface area (Å²) in [7, 11) is 0. The van der Waals surface area contributed by atoms with Crippen LogP contribution in [0.4, 0.5) is 5.69 Å². The first-order chi connectivity index (χ1) is 13.5. The number of rotatable bonds is 10. The van der Waals surface area contributed by atoms with Gasteiger partial charge in [-0.2, -0.15) is 0 Å². The average molecular weight is 381 g/mol. The number of ketones is 1. The molecule has 0 fully saturated rings. The minimum Gasteiger partial charge on any atom is -0.422 e. The highest BCUT2D eigenvalue weighted by Gasteiger charge is 2.13. The molecule has 0 saturated heterocycles. The normalized spacial score (nSPS) is 10.8. The molecule has 6 nitrogen and oxygen atoms in total. The Balaban J connectivity index is 2.02. The van der Waals surface area contributed by atoms with Gasteiger partial charge in [0.2, 0.25) is 0 Å². The van der Waals surface area contributed by atoms with E-state index in [1.807, 2.05) is 0 Å². The van der Waals surface area contributed by atoms with Gasteiger partial charge >= 0.3 is 5.97 Å². The second-order valence-corrected chi connectivity index (χ2v) is 6.34. The average Bonchev–Trinajstić information content (AvgIpc) is 2.70. The molecule has 0 aliphatic heterocycles. The molecule has 0 atom stereocenters. The number of carbonyl (C=O) groups is 2. The van der Waals surface area contributed by atoms with Crippen molar-refractivity contribution in [2.75, 3.05) is 0 Å². The predicted molar refractivity (Wildman–Crippen MR) is 107 cm³/mol. The maximum Gasteiger partial charge on any atom is 0.343 e. The molecule has 0 radical (unpaired) electrons. The molecule has 0 bridgehead atoms. The van der Waals surface area contributed by atoms with Crippen molar-refractivity contribution in [1.82, 2.24) is 0 Å². The molecule has 28 heavy (non-hydrogen) atoms. The second kappa shape index (κ2) is 10.8. The Morgan fingerprint density at radius 1 is 1.04 bits per heavy atom. The van der Waals surface area contributed by atoms with Gasteiger partial charge in [-0.1, -0.05) is 44.4 Å². The molecule has 0 amide bonds. The molecule has 0 aliphatic carbocycles. The zero-order valence-electron chi connectivity index (χ0n) is 15.8. The number of hydrogen-bond donors (Lipinski definition) is 0. The number of benzene rings is 2. The van der Waals surface area contributed by atoms with Gasteiger partial charge in [0.15, 0.2) is 5.78 Å². The molecule has 0 spiro atoms. The molecule has 2 aromatic carbocycles. The van der Waals surface area contributed by atoms with Crippen molar-refractivity contribution in [3.8, 4) is 5.75 Å². The smallest absolute Gasteiger partial charge is 0.343 e. The Hall–Kier alpha value is -3.28. The van der Waals surface area contributed by atoms with Crippen molar-refractivity contribution in [3.05, 3.63) is 75.8 Å². The van der Waals surface area contributed by atoms with Gasteiger partial charge < -0.3 is 4.74 Å². The Bertz CT molecular complexity index is 855. The number of ether oxygens (including phenoxy) is 1. The zero-order chi connectivity index (χ0) is 20.4. The molecule has 0 saturated carbocycles. The fourth-order valence-corrected chi connectivity index (χ4v) is 2.58. The maximum absolute atomic E-state index is 12.3. The minimum atomic E-state index is -0.623. The molecule has 0 aliphatic rings. The topological polar surface area (TPSA) is 86.5 Å². The van der Waals surface area contributed by atoms with E-state index in [-0.39, 0.29) is 17.0 Å². The number of hydrogen-bond acceptors (Lipinski definition) is 5. The van der Waals surface area contributed by atoms with Crippen LogP contribution in [0.1, 0.15) is 54.9 Å². The lowest BCUT2D eigenvalue weighted by Gasteiger charge is -2.07. The zero-order valence-corrected chi connectivity index (χ0v) is 15.8. The molecule has 2 aromatic rings. The lowest BCUT2D eigenvalue weighted by atomic mass is 10.1. The Morgan fingerprint density at radius 2 is 1.75 bits per heavy atom. The van der Waals surface area contributed by atoms with Crippen LogP contribution >= 0.6 is 0 Å². The van der Waals surface area contributed by atoms with E-state index in [2.05, 4.69) is 6.92 Å². The summed E-state index contributed by atoms with van der Waals surface area (Å²) in [6.45, 7) is 2.12. The van der Waals surface area contributed by atoms with Crippen LogP contribution in [0.15, 0.2) is 54.6 Å². The summed E-state index contributed by atoms with van der Waals surface area (Å²) in [4.78, 5) is 34.4. The highest BCUT2D eigenvalue weighted by Crippen LogP contribution is 2.22. The first-order valence-corrected chi connectivity index (χ1v) is 9.28.